The van der Waals surface area contributed by atoms with Crippen LogP contribution >= 0.6 is 11.3 Å². The van der Waals surface area contributed by atoms with Crippen molar-refractivity contribution in [2.45, 2.75) is 18.9 Å². The molecule has 0 saturated heterocycles. The number of aromatic nitrogens is 2. The van der Waals surface area contributed by atoms with Crippen molar-refractivity contribution in [1.29, 1.82) is 0 Å². The van der Waals surface area contributed by atoms with Crippen LogP contribution in [0, 0.1) is 0 Å². The minimum absolute atomic E-state index is 0.0453. The van der Waals surface area contributed by atoms with Crippen LogP contribution in [-0.4, -0.2) is 40.9 Å². The summed E-state index contributed by atoms with van der Waals surface area (Å²) in [6.45, 7) is 1.91. The van der Waals surface area contributed by atoms with Gasteiger partial charge in [-0.15, -0.1) is 11.3 Å². The van der Waals surface area contributed by atoms with E-state index < -0.39 is 5.54 Å². The van der Waals surface area contributed by atoms with E-state index in [1.54, 1.807) is 26.6 Å². The maximum Gasteiger partial charge on any atom is 0.232 e. The van der Waals surface area contributed by atoms with E-state index >= 15 is 0 Å². The Morgan fingerprint density at radius 3 is 2.91 bits per heavy atom. The second-order valence-electron chi connectivity index (χ2n) is 5.52. The minimum Gasteiger partial charge on any atom is -0.480 e. The topological polar surface area (TPSA) is 93.7 Å². The summed E-state index contributed by atoms with van der Waals surface area (Å²) in [5, 5.41) is 1.97. The Morgan fingerprint density at radius 2 is 2.22 bits per heavy atom. The molecule has 2 aromatic heterocycles. The molecular weight excluding hydrogens is 314 g/mol. The molecule has 2 N–H and O–H groups in total. The molecule has 0 bridgehead atoms. The number of nitrogens with two attached hydrogens (primary N) is 1. The zero-order chi connectivity index (χ0) is 16.6. The fourth-order valence-corrected chi connectivity index (χ4v) is 3.40. The molecule has 3 heterocycles. The second-order valence-corrected chi connectivity index (χ2v) is 6.43. The summed E-state index contributed by atoms with van der Waals surface area (Å²) in [5.74, 6) is 0.647. The third-order valence-electron chi connectivity index (χ3n) is 3.82. The highest BCUT2D eigenvalue weighted by Gasteiger charge is 2.37. The van der Waals surface area contributed by atoms with Gasteiger partial charge in [-0.3, -0.25) is 14.7 Å². The van der Waals surface area contributed by atoms with E-state index in [0.717, 1.165) is 10.4 Å². The highest BCUT2D eigenvalue weighted by atomic mass is 32.1. The van der Waals surface area contributed by atoms with Crippen LogP contribution in [0.1, 0.15) is 18.2 Å². The SMILES string of the molecule is COc1cncc(-c2csc([C@]3(C)CC(=O)N(C)C(N)=N3)c2)n1. The predicted molar refractivity (Wildman–Crippen MR) is 88.3 cm³/mol. The van der Waals surface area contributed by atoms with Gasteiger partial charge in [0.1, 0.15) is 5.54 Å². The molecule has 0 saturated carbocycles. The van der Waals surface area contributed by atoms with Gasteiger partial charge < -0.3 is 10.5 Å². The van der Waals surface area contributed by atoms with Crippen LogP contribution in [0.5, 0.6) is 5.88 Å². The van der Waals surface area contributed by atoms with Gasteiger partial charge in [0.2, 0.25) is 11.8 Å². The highest BCUT2D eigenvalue weighted by Crippen LogP contribution is 2.38. The molecule has 1 amide bonds. The van der Waals surface area contributed by atoms with Gasteiger partial charge in [-0.05, 0) is 13.0 Å². The van der Waals surface area contributed by atoms with Crippen molar-refractivity contribution in [2.75, 3.05) is 14.2 Å². The fraction of sp³-hybridized carbons (Fsp3) is 0.333. The first kappa shape index (κ1) is 15.4. The summed E-state index contributed by atoms with van der Waals surface area (Å²) < 4.78 is 5.10. The molecule has 0 spiro atoms. The van der Waals surface area contributed by atoms with Crippen molar-refractivity contribution in [3.63, 3.8) is 0 Å². The van der Waals surface area contributed by atoms with Crippen LogP contribution in [0.15, 0.2) is 28.8 Å². The number of hydrogen-bond donors (Lipinski definition) is 1. The van der Waals surface area contributed by atoms with E-state index in [9.17, 15) is 4.79 Å². The third kappa shape index (κ3) is 2.77. The Balaban J connectivity index is 1.97. The maximum atomic E-state index is 12.1. The Labute approximate surface area is 137 Å². The lowest BCUT2D eigenvalue weighted by Gasteiger charge is -2.32. The van der Waals surface area contributed by atoms with Crippen LogP contribution in [0.2, 0.25) is 0 Å². The molecule has 0 radical (unpaired) electrons. The normalized spacial score (nSPS) is 21.3. The van der Waals surface area contributed by atoms with Crippen LogP contribution in [0.25, 0.3) is 11.3 Å². The summed E-state index contributed by atoms with van der Waals surface area (Å²) in [4.78, 5) is 27.4. The molecule has 120 valence electrons. The van der Waals surface area contributed by atoms with Gasteiger partial charge in [0, 0.05) is 22.9 Å². The molecule has 0 aromatic carbocycles. The Hall–Kier alpha value is -2.48. The molecule has 7 nitrogen and oxygen atoms in total. The lowest BCUT2D eigenvalue weighted by molar-refractivity contribution is -0.128. The molecule has 8 heteroatoms. The van der Waals surface area contributed by atoms with E-state index in [-0.39, 0.29) is 18.3 Å². The van der Waals surface area contributed by atoms with Crippen molar-refractivity contribution in [3.8, 4) is 17.1 Å². The molecule has 1 aliphatic heterocycles. The number of carbonyl (C=O) groups is 1. The van der Waals surface area contributed by atoms with Gasteiger partial charge in [0.25, 0.3) is 0 Å². The predicted octanol–water partition coefficient (Wildman–Crippen LogP) is 1.61. The lowest BCUT2D eigenvalue weighted by Crippen LogP contribution is -2.47. The van der Waals surface area contributed by atoms with Gasteiger partial charge >= 0.3 is 0 Å². The molecule has 23 heavy (non-hydrogen) atoms. The van der Waals surface area contributed by atoms with Crippen LogP contribution in [0.4, 0.5) is 0 Å². The van der Waals surface area contributed by atoms with Crippen LogP contribution < -0.4 is 10.5 Å². The van der Waals surface area contributed by atoms with Crippen LogP contribution in [0.3, 0.4) is 0 Å². The molecule has 2 aromatic rings. The minimum atomic E-state index is -0.650. The van der Waals surface area contributed by atoms with Crippen molar-refractivity contribution >= 4 is 23.2 Å². The largest absolute Gasteiger partial charge is 0.480 e. The zero-order valence-corrected chi connectivity index (χ0v) is 13.9. The van der Waals surface area contributed by atoms with E-state index in [1.807, 2.05) is 18.4 Å². The maximum absolute atomic E-state index is 12.1. The Kier molecular flexibility index (Phi) is 3.77. The zero-order valence-electron chi connectivity index (χ0n) is 13.1. The quantitative estimate of drug-likeness (QED) is 0.922. The molecule has 1 aliphatic rings. The number of amides is 1. The standard InChI is InChI=1S/C15H17N5O2S/c1-15(5-13(21)20(2)14(16)19-15)11-4-9(8-23-11)10-6-17-7-12(18-10)22-3/h4,6-8H,5H2,1-3H3,(H2,16,19)/t15-/m0/s1. The van der Waals surface area contributed by atoms with Gasteiger partial charge in [-0.25, -0.2) is 9.98 Å². The lowest BCUT2D eigenvalue weighted by atomic mass is 9.93. The van der Waals surface area contributed by atoms with E-state index in [0.29, 0.717) is 11.6 Å². The van der Waals surface area contributed by atoms with Crippen molar-refractivity contribution in [3.05, 3.63) is 28.7 Å². The molecule has 0 aliphatic carbocycles. The van der Waals surface area contributed by atoms with Gasteiger partial charge in [-0.1, -0.05) is 0 Å². The Bertz CT molecular complexity index is 788. The highest BCUT2D eigenvalue weighted by molar-refractivity contribution is 7.10. The van der Waals surface area contributed by atoms with Crippen LogP contribution in [-0.2, 0) is 10.3 Å². The first-order valence-electron chi connectivity index (χ1n) is 7.00. The van der Waals surface area contributed by atoms with E-state index in [2.05, 4.69) is 15.0 Å². The Morgan fingerprint density at radius 1 is 1.43 bits per heavy atom. The summed E-state index contributed by atoms with van der Waals surface area (Å²) in [5.41, 5.74) is 6.84. The number of nitrogens with zero attached hydrogens (tertiary/aromatic N) is 4. The summed E-state index contributed by atoms with van der Waals surface area (Å²) >= 11 is 1.53. The number of methoxy groups -OCH3 is 1. The second kappa shape index (κ2) is 5.62. The van der Waals surface area contributed by atoms with Crippen molar-refractivity contribution in [1.82, 2.24) is 14.9 Å². The summed E-state index contributed by atoms with van der Waals surface area (Å²) in [7, 11) is 3.18. The number of aliphatic imine (C=N–C) groups is 1. The number of hydrogen-bond acceptors (Lipinski definition) is 7. The average molecular weight is 331 g/mol. The van der Waals surface area contributed by atoms with Gasteiger partial charge in [0.15, 0.2) is 5.96 Å². The molecule has 1 atom stereocenters. The number of thiophene rings is 1. The third-order valence-corrected chi connectivity index (χ3v) is 5.01. The molecule has 0 fully saturated rings. The average Bonchev–Trinajstić information content (AvgIpc) is 3.03. The number of ether oxygens (including phenoxy) is 1. The first-order chi connectivity index (χ1) is 10.9. The van der Waals surface area contributed by atoms with Gasteiger partial charge in [-0.2, -0.15) is 0 Å². The summed E-state index contributed by atoms with van der Waals surface area (Å²) in [6.07, 6.45) is 3.51. The number of carbonyl (C=O) groups excluding carboxylic acids is 1. The fourth-order valence-electron chi connectivity index (χ4n) is 2.39. The van der Waals surface area contributed by atoms with Gasteiger partial charge in [0.05, 0.1) is 31.6 Å². The number of guanidine groups is 1. The molecular formula is C15H17N5O2S. The van der Waals surface area contributed by atoms with Crippen molar-refractivity contribution in [2.24, 2.45) is 10.7 Å². The number of rotatable bonds is 3. The van der Waals surface area contributed by atoms with E-state index in [1.165, 1.54) is 16.2 Å². The first-order valence-corrected chi connectivity index (χ1v) is 7.88. The monoisotopic (exact) mass is 331 g/mol. The molecule has 0 unspecified atom stereocenters. The summed E-state index contributed by atoms with van der Waals surface area (Å²) in [6, 6.07) is 1.98. The molecule has 3 rings (SSSR count). The van der Waals surface area contributed by atoms with E-state index in [4.69, 9.17) is 10.5 Å². The van der Waals surface area contributed by atoms with Crippen molar-refractivity contribution < 1.29 is 9.53 Å². The smallest absolute Gasteiger partial charge is 0.232 e.